The SMILES string of the molecule is CC1CCNC(N(C(=O)CCN)[C@@H](CCCN=C(N)N)C(=O)Nc2ccc([N+](=O)[O-])cc2)C1. The lowest BCUT2D eigenvalue weighted by molar-refractivity contribution is -0.384. The van der Waals surface area contributed by atoms with E-state index in [0.717, 1.165) is 13.0 Å². The van der Waals surface area contributed by atoms with E-state index in [-0.39, 0.29) is 42.6 Å². The summed E-state index contributed by atoms with van der Waals surface area (Å²) in [6.07, 6.45) is 2.32. The number of nitrogens with zero attached hydrogens (tertiary/aromatic N) is 3. The van der Waals surface area contributed by atoms with Crippen LogP contribution < -0.4 is 27.8 Å². The number of amides is 2. The first kappa shape index (κ1) is 26.0. The molecule has 0 spiro atoms. The summed E-state index contributed by atoms with van der Waals surface area (Å²) in [4.78, 5) is 42.4. The topological polar surface area (TPSA) is 195 Å². The third kappa shape index (κ3) is 7.99. The van der Waals surface area contributed by atoms with E-state index in [0.29, 0.717) is 37.4 Å². The molecule has 1 aromatic carbocycles. The number of benzene rings is 1. The number of carbonyl (C=O) groups is 2. The Bertz CT molecular complexity index is 841. The Balaban J connectivity index is 2.28. The van der Waals surface area contributed by atoms with Gasteiger partial charge in [-0.25, -0.2) is 0 Å². The largest absolute Gasteiger partial charge is 0.370 e. The van der Waals surface area contributed by atoms with Crippen molar-refractivity contribution < 1.29 is 14.5 Å². The van der Waals surface area contributed by atoms with Crippen LogP contribution in [0, 0.1) is 16.0 Å². The van der Waals surface area contributed by atoms with E-state index in [1.54, 1.807) is 4.90 Å². The van der Waals surface area contributed by atoms with Crippen LogP contribution in [0.15, 0.2) is 29.3 Å². The smallest absolute Gasteiger partial charge is 0.269 e. The highest BCUT2D eigenvalue weighted by Crippen LogP contribution is 2.24. The second kappa shape index (κ2) is 12.7. The van der Waals surface area contributed by atoms with Gasteiger partial charge in [-0.1, -0.05) is 6.92 Å². The summed E-state index contributed by atoms with van der Waals surface area (Å²) in [6.45, 7) is 3.34. The molecular weight excluding hydrogens is 428 g/mol. The van der Waals surface area contributed by atoms with Crippen LogP contribution in [-0.2, 0) is 9.59 Å². The lowest BCUT2D eigenvalue weighted by Gasteiger charge is -2.41. The number of piperidine rings is 1. The van der Waals surface area contributed by atoms with Gasteiger partial charge >= 0.3 is 0 Å². The minimum Gasteiger partial charge on any atom is -0.370 e. The van der Waals surface area contributed by atoms with Crippen molar-refractivity contribution in [3.8, 4) is 0 Å². The molecule has 0 radical (unpaired) electrons. The Morgan fingerprint density at radius 3 is 2.61 bits per heavy atom. The summed E-state index contributed by atoms with van der Waals surface area (Å²) in [7, 11) is 0. The molecule has 0 aromatic heterocycles. The number of hydrogen-bond acceptors (Lipinski definition) is 7. The Morgan fingerprint density at radius 1 is 1.33 bits per heavy atom. The van der Waals surface area contributed by atoms with Crippen LogP contribution in [0.4, 0.5) is 11.4 Å². The molecule has 3 atom stereocenters. The number of nitro benzene ring substituents is 1. The van der Waals surface area contributed by atoms with Crippen molar-refractivity contribution in [1.82, 2.24) is 10.2 Å². The van der Waals surface area contributed by atoms with Gasteiger partial charge in [0.05, 0.1) is 11.1 Å². The van der Waals surface area contributed by atoms with Crippen LogP contribution >= 0.6 is 0 Å². The van der Waals surface area contributed by atoms with E-state index >= 15 is 0 Å². The third-order valence-electron chi connectivity index (χ3n) is 5.54. The molecule has 1 saturated heterocycles. The van der Waals surface area contributed by atoms with Gasteiger partial charge in [0.2, 0.25) is 11.8 Å². The maximum Gasteiger partial charge on any atom is 0.269 e. The monoisotopic (exact) mass is 462 g/mol. The Morgan fingerprint density at radius 2 is 2.03 bits per heavy atom. The van der Waals surface area contributed by atoms with Gasteiger partial charge in [-0.2, -0.15) is 0 Å². The summed E-state index contributed by atoms with van der Waals surface area (Å²) >= 11 is 0. The van der Waals surface area contributed by atoms with Gasteiger partial charge in [0.1, 0.15) is 6.04 Å². The molecule has 0 bridgehead atoms. The average Bonchev–Trinajstić information content (AvgIpc) is 2.76. The van der Waals surface area contributed by atoms with E-state index in [1.807, 2.05) is 0 Å². The predicted molar refractivity (Wildman–Crippen MR) is 126 cm³/mol. The molecule has 2 rings (SSSR count). The molecular formula is C21H34N8O4. The van der Waals surface area contributed by atoms with E-state index in [2.05, 4.69) is 22.5 Å². The van der Waals surface area contributed by atoms with E-state index in [9.17, 15) is 19.7 Å². The number of carbonyl (C=O) groups excluding carboxylic acids is 2. The van der Waals surface area contributed by atoms with Gasteiger partial charge in [-0.15, -0.1) is 0 Å². The Hall–Kier alpha value is -3.25. The van der Waals surface area contributed by atoms with Crippen LogP contribution in [0.25, 0.3) is 0 Å². The zero-order valence-corrected chi connectivity index (χ0v) is 18.9. The lowest BCUT2D eigenvalue weighted by Crippen LogP contribution is -2.59. The van der Waals surface area contributed by atoms with Crippen molar-refractivity contribution in [3.63, 3.8) is 0 Å². The molecule has 1 aliphatic rings. The molecule has 2 unspecified atom stereocenters. The number of non-ortho nitro benzene ring substituents is 1. The molecule has 1 fully saturated rings. The van der Waals surface area contributed by atoms with Crippen molar-refractivity contribution in [3.05, 3.63) is 34.4 Å². The molecule has 0 aliphatic carbocycles. The van der Waals surface area contributed by atoms with Gasteiger partial charge < -0.3 is 27.4 Å². The van der Waals surface area contributed by atoms with Gasteiger partial charge in [0.25, 0.3) is 5.69 Å². The van der Waals surface area contributed by atoms with Crippen molar-refractivity contribution in [2.45, 2.75) is 51.2 Å². The van der Waals surface area contributed by atoms with Crippen molar-refractivity contribution in [2.75, 3.05) is 25.0 Å². The van der Waals surface area contributed by atoms with E-state index in [1.165, 1.54) is 24.3 Å². The molecule has 1 heterocycles. The summed E-state index contributed by atoms with van der Waals surface area (Å²) in [5.74, 6) is -0.251. The highest BCUT2D eigenvalue weighted by Gasteiger charge is 2.36. The number of guanidine groups is 1. The number of nitrogens with two attached hydrogens (primary N) is 3. The number of nitro groups is 1. The van der Waals surface area contributed by atoms with Gasteiger partial charge in [-0.3, -0.25) is 30.0 Å². The zero-order chi connectivity index (χ0) is 24.4. The lowest BCUT2D eigenvalue weighted by atomic mass is 9.95. The van der Waals surface area contributed by atoms with Gasteiger partial charge in [-0.05, 0) is 50.3 Å². The van der Waals surface area contributed by atoms with Crippen molar-refractivity contribution in [1.29, 1.82) is 0 Å². The molecule has 8 N–H and O–H groups in total. The summed E-state index contributed by atoms with van der Waals surface area (Å²) in [6, 6.07) is 4.74. The molecule has 1 aromatic rings. The van der Waals surface area contributed by atoms with Crippen LogP contribution in [0.5, 0.6) is 0 Å². The summed E-state index contributed by atoms with van der Waals surface area (Å²) in [5.41, 5.74) is 16.8. The minimum absolute atomic E-state index is 0.0410. The summed E-state index contributed by atoms with van der Waals surface area (Å²) in [5, 5.41) is 17.0. The van der Waals surface area contributed by atoms with Crippen LogP contribution in [0.2, 0.25) is 0 Å². The Labute approximate surface area is 193 Å². The predicted octanol–water partition coefficient (Wildman–Crippen LogP) is 0.479. The number of anilines is 1. The van der Waals surface area contributed by atoms with Crippen LogP contribution in [0.3, 0.4) is 0 Å². The number of nitrogens with one attached hydrogen (secondary N) is 2. The normalized spacial score (nSPS) is 18.7. The van der Waals surface area contributed by atoms with Crippen LogP contribution in [-0.4, -0.2) is 59.4 Å². The average molecular weight is 463 g/mol. The first-order valence-corrected chi connectivity index (χ1v) is 11.1. The van der Waals surface area contributed by atoms with Gasteiger partial charge in [0, 0.05) is 37.3 Å². The van der Waals surface area contributed by atoms with Crippen molar-refractivity contribution in [2.24, 2.45) is 28.1 Å². The number of aliphatic imine (C=N–C) groups is 1. The molecule has 1 aliphatic heterocycles. The zero-order valence-electron chi connectivity index (χ0n) is 18.9. The number of hydrogen-bond donors (Lipinski definition) is 5. The van der Waals surface area contributed by atoms with E-state index in [4.69, 9.17) is 17.2 Å². The first-order valence-electron chi connectivity index (χ1n) is 11.1. The third-order valence-corrected chi connectivity index (χ3v) is 5.54. The number of rotatable bonds is 11. The molecule has 2 amide bonds. The highest BCUT2D eigenvalue weighted by molar-refractivity contribution is 5.97. The fourth-order valence-corrected chi connectivity index (χ4v) is 3.89. The maximum atomic E-state index is 13.4. The second-order valence-electron chi connectivity index (χ2n) is 8.20. The Kier molecular flexibility index (Phi) is 10.0. The van der Waals surface area contributed by atoms with Crippen molar-refractivity contribution >= 4 is 29.1 Å². The molecule has 12 heteroatoms. The molecule has 33 heavy (non-hydrogen) atoms. The fraction of sp³-hybridized carbons (Fsp3) is 0.571. The molecule has 0 saturated carbocycles. The van der Waals surface area contributed by atoms with Crippen LogP contribution in [0.1, 0.15) is 39.0 Å². The quantitative estimate of drug-likeness (QED) is 0.103. The summed E-state index contributed by atoms with van der Waals surface area (Å²) < 4.78 is 0. The second-order valence-corrected chi connectivity index (χ2v) is 8.20. The fourth-order valence-electron chi connectivity index (χ4n) is 3.89. The molecule has 182 valence electrons. The minimum atomic E-state index is -0.795. The van der Waals surface area contributed by atoms with Gasteiger partial charge in [0.15, 0.2) is 5.96 Å². The molecule has 12 nitrogen and oxygen atoms in total. The maximum absolute atomic E-state index is 13.4. The highest BCUT2D eigenvalue weighted by atomic mass is 16.6. The van der Waals surface area contributed by atoms with E-state index < -0.39 is 11.0 Å². The first-order chi connectivity index (χ1) is 15.7. The standard InChI is InChI=1S/C21H34N8O4/c1-14-9-12-25-18(13-14)28(19(30)8-10-22)17(3-2-11-26-21(23)24)20(31)27-15-4-6-16(7-5-15)29(32)33/h4-7,14,17-18,25H,2-3,8-13,22H2,1H3,(H,27,31)(H4,23,24,26)/t14?,17-,18?/m0/s1.